The van der Waals surface area contributed by atoms with Crippen LogP contribution < -0.4 is 5.56 Å². The van der Waals surface area contributed by atoms with Crippen LogP contribution in [-0.2, 0) is 7.05 Å². The number of fused-ring (bicyclic) bond motifs is 1. The second-order valence-electron chi connectivity index (χ2n) is 8.77. The largest absolute Gasteiger partial charge is 0.350 e. The van der Waals surface area contributed by atoms with Crippen molar-refractivity contribution >= 4 is 10.9 Å². The molecule has 4 nitrogen and oxygen atoms in total. The number of hydrogen-bond acceptors (Lipinski definition) is 2. The van der Waals surface area contributed by atoms with Crippen LogP contribution in [0.4, 0.5) is 4.39 Å². The molecule has 0 bridgehead atoms. The summed E-state index contributed by atoms with van der Waals surface area (Å²) in [4.78, 5) is 15.3. The maximum absolute atomic E-state index is 13.2. The summed E-state index contributed by atoms with van der Waals surface area (Å²) in [6.07, 6.45) is 4.02. The van der Waals surface area contributed by atoms with E-state index in [0.717, 1.165) is 35.4 Å². The van der Waals surface area contributed by atoms with Crippen LogP contribution >= 0.6 is 0 Å². The van der Waals surface area contributed by atoms with Crippen molar-refractivity contribution in [1.82, 2.24) is 14.0 Å². The molecule has 158 valence electrons. The number of likely N-dealkylation sites (tertiary alicyclic amines) is 1. The molecule has 1 fully saturated rings. The molecule has 0 radical (unpaired) electrons. The topological polar surface area (TPSA) is 30.2 Å². The third-order valence-electron chi connectivity index (χ3n) is 6.46. The van der Waals surface area contributed by atoms with Crippen molar-refractivity contribution in [2.45, 2.75) is 25.8 Å². The summed E-state index contributed by atoms with van der Waals surface area (Å²) in [7, 11) is 2.06. The van der Waals surface area contributed by atoms with Gasteiger partial charge in [0.1, 0.15) is 5.82 Å². The summed E-state index contributed by atoms with van der Waals surface area (Å²) >= 11 is 0. The minimum absolute atomic E-state index is 0.109. The fraction of sp³-hybridized carbons (Fsp3) is 0.269. The summed E-state index contributed by atoms with van der Waals surface area (Å²) < 4.78 is 17.0. The number of aryl methyl sites for hydroxylation is 1. The van der Waals surface area contributed by atoms with Crippen LogP contribution in [0.15, 0.2) is 71.8 Å². The average molecular weight is 416 g/mol. The number of hydrogen-bond donors (Lipinski definition) is 0. The van der Waals surface area contributed by atoms with Gasteiger partial charge < -0.3 is 4.57 Å². The molecule has 1 aliphatic heterocycles. The second-order valence-corrected chi connectivity index (χ2v) is 8.77. The highest BCUT2D eigenvalue weighted by Crippen LogP contribution is 2.35. The van der Waals surface area contributed by atoms with Gasteiger partial charge in [0.25, 0.3) is 5.56 Å². The van der Waals surface area contributed by atoms with Crippen molar-refractivity contribution in [2.75, 3.05) is 13.1 Å². The van der Waals surface area contributed by atoms with Crippen LogP contribution in [-0.4, -0.2) is 33.2 Å². The van der Waals surface area contributed by atoms with Gasteiger partial charge in [0.05, 0.1) is 11.2 Å². The molecule has 0 aliphatic carbocycles. The molecule has 3 heterocycles. The van der Waals surface area contributed by atoms with Gasteiger partial charge in [-0.3, -0.25) is 14.3 Å². The van der Waals surface area contributed by atoms with E-state index in [4.69, 9.17) is 0 Å². The first-order valence-electron chi connectivity index (χ1n) is 10.7. The second kappa shape index (κ2) is 7.50. The molecule has 0 N–H and O–H groups in total. The molecule has 0 amide bonds. The van der Waals surface area contributed by atoms with Crippen molar-refractivity contribution in [3.63, 3.8) is 0 Å². The highest BCUT2D eigenvalue weighted by molar-refractivity contribution is 5.86. The third kappa shape index (κ3) is 3.49. The van der Waals surface area contributed by atoms with E-state index in [9.17, 15) is 9.18 Å². The molecule has 5 heteroatoms. The number of halogens is 1. The lowest BCUT2D eigenvalue weighted by molar-refractivity contribution is 0.110. The van der Waals surface area contributed by atoms with Gasteiger partial charge in [-0.25, -0.2) is 4.39 Å². The van der Waals surface area contributed by atoms with Crippen molar-refractivity contribution < 1.29 is 4.39 Å². The third-order valence-corrected chi connectivity index (χ3v) is 6.46. The van der Waals surface area contributed by atoms with Gasteiger partial charge in [0.2, 0.25) is 0 Å². The first-order chi connectivity index (χ1) is 14.9. The van der Waals surface area contributed by atoms with Crippen LogP contribution in [0.3, 0.4) is 0 Å². The summed E-state index contributed by atoms with van der Waals surface area (Å²) in [5.41, 5.74) is 4.85. The van der Waals surface area contributed by atoms with E-state index in [1.54, 1.807) is 29.0 Å². The van der Waals surface area contributed by atoms with E-state index >= 15 is 0 Å². The van der Waals surface area contributed by atoms with E-state index in [1.807, 2.05) is 12.1 Å². The Balaban J connectivity index is 1.48. The Morgan fingerprint density at radius 3 is 2.39 bits per heavy atom. The smallest absolute Gasteiger partial charge is 0.255 e. The highest BCUT2D eigenvalue weighted by Gasteiger charge is 2.31. The monoisotopic (exact) mass is 415 g/mol. The number of benzene rings is 2. The van der Waals surface area contributed by atoms with Crippen molar-refractivity contribution in [1.29, 1.82) is 0 Å². The van der Waals surface area contributed by atoms with Gasteiger partial charge in [0, 0.05) is 55.9 Å². The molecule has 0 atom stereocenters. The zero-order valence-electron chi connectivity index (χ0n) is 18.0. The van der Waals surface area contributed by atoms with Crippen LogP contribution in [0, 0.1) is 5.82 Å². The van der Waals surface area contributed by atoms with Gasteiger partial charge in [0.15, 0.2) is 0 Å². The van der Waals surface area contributed by atoms with Crippen molar-refractivity contribution in [3.05, 3.63) is 88.7 Å². The predicted octanol–water partition coefficient (Wildman–Crippen LogP) is 4.94. The van der Waals surface area contributed by atoms with Crippen LogP contribution in [0.1, 0.15) is 25.3 Å². The molecular weight excluding hydrogens is 389 g/mol. The maximum atomic E-state index is 13.2. The molecule has 0 unspecified atom stereocenters. The van der Waals surface area contributed by atoms with Gasteiger partial charge >= 0.3 is 0 Å². The SMILES string of the molecule is CC(C)N1CC(c2cn(C)c3cc(-n4ccc(-c5ccc(F)cc5)cc4=O)ccc23)C1. The van der Waals surface area contributed by atoms with Crippen LogP contribution in [0.25, 0.3) is 27.7 Å². The number of pyridine rings is 1. The molecule has 1 saturated heterocycles. The maximum Gasteiger partial charge on any atom is 0.255 e. The predicted molar refractivity (Wildman–Crippen MR) is 123 cm³/mol. The molecule has 4 aromatic rings. The van der Waals surface area contributed by atoms with Gasteiger partial charge in [-0.15, -0.1) is 0 Å². The highest BCUT2D eigenvalue weighted by atomic mass is 19.1. The van der Waals surface area contributed by atoms with Crippen molar-refractivity contribution in [3.8, 4) is 16.8 Å². The molecule has 31 heavy (non-hydrogen) atoms. The van der Waals surface area contributed by atoms with Gasteiger partial charge in [-0.05, 0) is 60.9 Å². The Bertz CT molecular complexity index is 1310. The molecule has 1 aliphatic rings. The Morgan fingerprint density at radius 1 is 0.968 bits per heavy atom. The van der Waals surface area contributed by atoms with E-state index in [0.29, 0.717) is 12.0 Å². The van der Waals surface area contributed by atoms with Gasteiger partial charge in [-0.1, -0.05) is 18.2 Å². The first-order valence-corrected chi connectivity index (χ1v) is 10.7. The lowest BCUT2D eigenvalue weighted by Crippen LogP contribution is -2.48. The molecule has 2 aromatic carbocycles. The number of aromatic nitrogens is 2. The molecular formula is C26H26FN3O. The number of nitrogens with zero attached hydrogens (tertiary/aromatic N) is 3. The molecule has 5 rings (SSSR count). The Kier molecular flexibility index (Phi) is 4.78. The summed E-state index contributed by atoms with van der Waals surface area (Å²) in [5.74, 6) is 0.279. The normalized spacial score (nSPS) is 15.0. The lowest BCUT2D eigenvalue weighted by Gasteiger charge is -2.42. The lowest BCUT2D eigenvalue weighted by atomic mass is 9.90. The van der Waals surface area contributed by atoms with E-state index < -0.39 is 0 Å². The van der Waals surface area contributed by atoms with Crippen LogP contribution in [0.5, 0.6) is 0 Å². The van der Waals surface area contributed by atoms with Crippen LogP contribution in [0.2, 0.25) is 0 Å². The summed E-state index contributed by atoms with van der Waals surface area (Å²) in [6, 6.07) is 16.5. The standard InChI is InChI=1S/C26H26FN3O/c1-17(2)29-14-20(15-29)24-16-28(3)25-13-22(8-9-23(24)25)30-11-10-19(12-26(30)31)18-4-6-21(27)7-5-18/h4-13,16-17,20H,14-15H2,1-3H3. The van der Waals surface area contributed by atoms with Crippen molar-refractivity contribution in [2.24, 2.45) is 7.05 Å². The molecule has 0 spiro atoms. The average Bonchev–Trinajstić information content (AvgIpc) is 3.03. The fourth-order valence-electron chi connectivity index (χ4n) is 4.52. The molecule has 2 aromatic heterocycles. The Labute approximate surface area is 181 Å². The zero-order chi connectivity index (χ0) is 21.7. The molecule has 0 saturated carbocycles. The van der Waals surface area contributed by atoms with E-state index in [-0.39, 0.29) is 11.4 Å². The van der Waals surface area contributed by atoms with E-state index in [2.05, 4.69) is 48.7 Å². The zero-order valence-corrected chi connectivity index (χ0v) is 18.0. The fourth-order valence-corrected chi connectivity index (χ4v) is 4.52. The Hall–Kier alpha value is -3.18. The van der Waals surface area contributed by atoms with Gasteiger partial charge in [-0.2, -0.15) is 0 Å². The Morgan fingerprint density at radius 2 is 1.71 bits per heavy atom. The minimum atomic E-state index is -0.286. The summed E-state index contributed by atoms with van der Waals surface area (Å²) in [5, 5.41) is 1.26. The van der Waals surface area contributed by atoms with E-state index in [1.165, 1.54) is 23.1 Å². The number of rotatable bonds is 4. The quantitative estimate of drug-likeness (QED) is 0.472. The minimum Gasteiger partial charge on any atom is -0.350 e. The summed E-state index contributed by atoms with van der Waals surface area (Å²) in [6.45, 7) is 6.68. The first kappa shape index (κ1) is 19.8.